The summed E-state index contributed by atoms with van der Waals surface area (Å²) in [5.74, 6) is 0.537. The van der Waals surface area contributed by atoms with Crippen LogP contribution in [0.15, 0.2) is 48.1 Å². The minimum absolute atomic E-state index is 0.00585. The lowest BCUT2D eigenvalue weighted by atomic mass is 9.66. The Morgan fingerprint density at radius 2 is 2.03 bits per heavy atom. The molecule has 6 nitrogen and oxygen atoms in total. The summed E-state index contributed by atoms with van der Waals surface area (Å²) in [6, 6.07) is 7.07. The highest BCUT2D eigenvalue weighted by atomic mass is 35.5. The number of halogens is 1. The van der Waals surface area contributed by atoms with Crippen LogP contribution in [0.25, 0.3) is 0 Å². The number of aliphatic hydroxyl groups excluding tert-OH is 2. The van der Waals surface area contributed by atoms with Crippen molar-refractivity contribution in [3.05, 3.63) is 53.1 Å². The maximum atomic E-state index is 13.2. The SMILES string of the molecule is CCC(Oc1ccccc1Cl)C(=O)O[C@H]1C[C@H](O)C=C2C=C[C@H](C)[C@H](CC[C@@H]3C[C@H](O)CCO3)[C@H]21. The number of para-hydroxylation sites is 1. The Morgan fingerprint density at radius 3 is 2.77 bits per heavy atom. The number of carbonyl (C=O) groups excluding carboxylic acids is 1. The van der Waals surface area contributed by atoms with E-state index in [0.29, 0.717) is 49.0 Å². The molecule has 0 amide bonds. The summed E-state index contributed by atoms with van der Waals surface area (Å²) < 4.78 is 17.9. The first-order valence-electron chi connectivity index (χ1n) is 12.8. The van der Waals surface area contributed by atoms with Gasteiger partial charge in [-0.2, -0.15) is 0 Å². The summed E-state index contributed by atoms with van der Waals surface area (Å²) in [6.07, 6.45) is 7.88. The van der Waals surface area contributed by atoms with Gasteiger partial charge in [-0.1, -0.05) is 55.8 Å². The molecule has 1 saturated heterocycles. The Morgan fingerprint density at radius 1 is 1.23 bits per heavy atom. The predicted octanol–water partition coefficient (Wildman–Crippen LogP) is 4.86. The lowest BCUT2D eigenvalue weighted by molar-refractivity contribution is -0.163. The second-order valence-electron chi connectivity index (χ2n) is 10.0. The third kappa shape index (κ3) is 6.48. The predicted molar refractivity (Wildman–Crippen MR) is 134 cm³/mol. The fourth-order valence-corrected chi connectivity index (χ4v) is 5.82. The van der Waals surface area contributed by atoms with Crippen LogP contribution < -0.4 is 4.74 Å². The molecule has 8 atom stereocenters. The van der Waals surface area contributed by atoms with E-state index in [1.165, 1.54) is 0 Å². The van der Waals surface area contributed by atoms with Gasteiger partial charge in [0.25, 0.3) is 0 Å². The van der Waals surface area contributed by atoms with E-state index in [1.807, 2.05) is 25.1 Å². The number of esters is 1. The number of allylic oxidation sites excluding steroid dienone is 2. The van der Waals surface area contributed by atoms with E-state index in [0.717, 1.165) is 18.4 Å². The largest absolute Gasteiger partial charge is 0.477 e. The van der Waals surface area contributed by atoms with Crippen molar-refractivity contribution in [3.63, 3.8) is 0 Å². The number of fused-ring (bicyclic) bond motifs is 1. The van der Waals surface area contributed by atoms with Gasteiger partial charge in [0.15, 0.2) is 6.10 Å². The van der Waals surface area contributed by atoms with Crippen LogP contribution in [0.5, 0.6) is 5.75 Å². The highest BCUT2D eigenvalue weighted by Gasteiger charge is 2.43. The van der Waals surface area contributed by atoms with E-state index in [1.54, 1.807) is 12.1 Å². The summed E-state index contributed by atoms with van der Waals surface area (Å²) in [6.45, 7) is 4.65. The van der Waals surface area contributed by atoms with Crippen LogP contribution in [-0.4, -0.2) is 53.3 Å². The smallest absolute Gasteiger partial charge is 0.347 e. The molecule has 0 radical (unpaired) electrons. The van der Waals surface area contributed by atoms with E-state index in [-0.39, 0.29) is 24.0 Å². The molecule has 4 rings (SSSR count). The second kappa shape index (κ2) is 11.9. The van der Waals surface area contributed by atoms with Crippen molar-refractivity contribution in [2.24, 2.45) is 17.8 Å². The van der Waals surface area contributed by atoms with Crippen molar-refractivity contribution >= 4 is 17.6 Å². The standard InChI is InChI=1S/C28H37ClO6/c1-3-24(34-25-7-5-4-6-23(25)29)28(32)35-26-16-20(31)14-18-9-8-17(2)22(27(18)26)11-10-21-15-19(30)12-13-33-21/h4-9,14,17,19-22,24,26-27,30-31H,3,10-13,15-16H2,1-2H3/t17-,19+,20+,21+,22-,24?,26-,27-/m0/s1. The molecule has 1 fully saturated rings. The number of aliphatic hydroxyl groups is 2. The monoisotopic (exact) mass is 504 g/mol. The zero-order valence-corrected chi connectivity index (χ0v) is 21.3. The van der Waals surface area contributed by atoms with E-state index in [4.69, 9.17) is 25.8 Å². The lowest BCUT2D eigenvalue weighted by Crippen LogP contribution is -2.44. The number of carbonyl (C=O) groups is 1. The van der Waals surface area contributed by atoms with Crippen molar-refractivity contribution in [3.8, 4) is 5.75 Å². The summed E-state index contributed by atoms with van der Waals surface area (Å²) in [5, 5.41) is 21.0. The number of ether oxygens (including phenoxy) is 3. The van der Waals surface area contributed by atoms with Crippen LogP contribution in [0.3, 0.4) is 0 Å². The van der Waals surface area contributed by atoms with Crippen LogP contribution in [0.4, 0.5) is 0 Å². The van der Waals surface area contributed by atoms with Gasteiger partial charge in [0.2, 0.25) is 0 Å². The summed E-state index contributed by atoms with van der Waals surface area (Å²) >= 11 is 6.22. The molecule has 0 bridgehead atoms. The second-order valence-corrected chi connectivity index (χ2v) is 10.5. The van der Waals surface area contributed by atoms with Gasteiger partial charge in [-0.25, -0.2) is 4.79 Å². The first-order valence-corrected chi connectivity index (χ1v) is 13.2. The third-order valence-corrected chi connectivity index (χ3v) is 7.85. The number of hydrogen-bond donors (Lipinski definition) is 2. The minimum Gasteiger partial charge on any atom is -0.477 e. The van der Waals surface area contributed by atoms with E-state index >= 15 is 0 Å². The molecule has 3 aliphatic rings. The molecule has 0 aromatic heterocycles. The Bertz CT molecular complexity index is 930. The average Bonchev–Trinajstić information content (AvgIpc) is 2.83. The molecule has 1 aliphatic heterocycles. The molecular weight excluding hydrogens is 468 g/mol. The topological polar surface area (TPSA) is 85.2 Å². The Hall–Kier alpha value is -1.86. The van der Waals surface area contributed by atoms with Crippen LogP contribution in [0, 0.1) is 17.8 Å². The normalized spacial score (nSPS) is 33.4. The van der Waals surface area contributed by atoms with Crippen molar-refractivity contribution in [1.29, 1.82) is 0 Å². The van der Waals surface area contributed by atoms with Gasteiger partial charge in [0.05, 0.1) is 23.3 Å². The summed E-state index contributed by atoms with van der Waals surface area (Å²) in [5.41, 5.74) is 1.02. The maximum absolute atomic E-state index is 13.2. The minimum atomic E-state index is -0.784. The molecule has 7 heteroatoms. The molecule has 35 heavy (non-hydrogen) atoms. The molecule has 0 spiro atoms. The van der Waals surface area contributed by atoms with E-state index in [9.17, 15) is 15.0 Å². The van der Waals surface area contributed by atoms with Gasteiger partial charge in [-0.15, -0.1) is 0 Å². The number of benzene rings is 1. The first-order chi connectivity index (χ1) is 16.9. The zero-order valence-electron chi connectivity index (χ0n) is 20.5. The Labute approximate surface area is 212 Å². The molecule has 192 valence electrons. The van der Waals surface area contributed by atoms with E-state index < -0.39 is 24.3 Å². The highest BCUT2D eigenvalue weighted by molar-refractivity contribution is 6.32. The highest BCUT2D eigenvalue weighted by Crippen LogP contribution is 2.44. The fraction of sp³-hybridized carbons (Fsp3) is 0.607. The van der Waals surface area contributed by atoms with Crippen molar-refractivity contribution in [2.45, 2.75) is 82.9 Å². The Kier molecular flexibility index (Phi) is 8.92. The fourth-order valence-electron chi connectivity index (χ4n) is 5.64. The summed E-state index contributed by atoms with van der Waals surface area (Å²) in [4.78, 5) is 13.2. The van der Waals surface area contributed by atoms with Gasteiger partial charge >= 0.3 is 5.97 Å². The maximum Gasteiger partial charge on any atom is 0.347 e. The summed E-state index contributed by atoms with van der Waals surface area (Å²) in [7, 11) is 0. The van der Waals surface area contributed by atoms with Crippen molar-refractivity contribution in [1.82, 2.24) is 0 Å². The third-order valence-electron chi connectivity index (χ3n) is 7.54. The van der Waals surface area contributed by atoms with Crippen molar-refractivity contribution < 1.29 is 29.2 Å². The van der Waals surface area contributed by atoms with Gasteiger partial charge in [0.1, 0.15) is 11.9 Å². The van der Waals surface area contributed by atoms with Crippen LogP contribution in [0.1, 0.15) is 52.4 Å². The molecule has 2 aliphatic carbocycles. The first kappa shape index (κ1) is 26.2. The van der Waals surface area contributed by atoms with Gasteiger partial charge < -0.3 is 24.4 Å². The molecule has 1 aromatic carbocycles. The lowest BCUT2D eigenvalue weighted by Gasteiger charge is -2.43. The number of rotatable bonds is 8. The Balaban J connectivity index is 1.47. The van der Waals surface area contributed by atoms with Crippen LogP contribution in [-0.2, 0) is 14.3 Å². The number of hydrogen-bond acceptors (Lipinski definition) is 6. The molecule has 1 aromatic rings. The molecule has 2 N–H and O–H groups in total. The quantitative estimate of drug-likeness (QED) is 0.492. The molecule has 0 saturated carbocycles. The van der Waals surface area contributed by atoms with Crippen LogP contribution in [0.2, 0.25) is 5.02 Å². The van der Waals surface area contributed by atoms with Gasteiger partial charge in [-0.3, -0.25) is 0 Å². The van der Waals surface area contributed by atoms with Crippen LogP contribution >= 0.6 is 11.6 Å². The van der Waals surface area contributed by atoms with Gasteiger partial charge in [-0.05, 0) is 61.6 Å². The van der Waals surface area contributed by atoms with Gasteiger partial charge in [0, 0.05) is 18.9 Å². The molecule has 1 heterocycles. The molecule has 1 unspecified atom stereocenters. The van der Waals surface area contributed by atoms with E-state index in [2.05, 4.69) is 19.1 Å². The average molecular weight is 505 g/mol. The van der Waals surface area contributed by atoms with Crippen molar-refractivity contribution in [2.75, 3.05) is 6.61 Å². The molecular formula is C28H37ClO6. The zero-order chi connectivity index (χ0) is 24.9.